The summed E-state index contributed by atoms with van der Waals surface area (Å²) in [5.41, 5.74) is 0. The fourth-order valence-corrected chi connectivity index (χ4v) is 1.62. The topological polar surface area (TPSA) is 0 Å². The van der Waals surface area contributed by atoms with Crippen molar-refractivity contribution >= 4 is 23.5 Å². The molecule has 0 aromatic heterocycles. The van der Waals surface area contributed by atoms with E-state index >= 15 is 0 Å². The van der Waals surface area contributed by atoms with Gasteiger partial charge in [0.25, 0.3) is 0 Å². The van der Waals surface area contributed by atoms with Crippen molar-refractivity contribution in [3.05, 3.63) is 4.58 Å². The Bertz CT molecular complexity index is 27.6. The Balaban J connectivity index is 2.99. The fourth-order valence-electron chi connectivity index (χ4n) is 0.372. The van der Waals surface area contributed by atoms with Gasteiger partial charge in [0.2, 0.25) is 0 Å². The number of hydrogen-bond donors (Lipinski definition) is 0. The van der Waals surface area contributed by atoms with Crippen molar-refractivity contribution in [1.29, 1.82) is 0 Å². The monoisotopic (exact) mass is 135 g/mol. The molecule has 0 saturated heterocycles. The van der Waals surface area contributed by atoms with Gasteiger partial charge in [-0.25, -0.2) is 0 Å². The molecule has 0 N–H and O–H groups in total. The molecule has 7 heavy (non-hydrogen) atoms. The molecule has 0 aromatic rings. The molecular formula is C5H11S2. The molecule has 0 fully saturated rings. The van der Waals surface area contributed by atoms with Crippen molar-refractivity contribution in [3.8, 4) is 0 Å². The van der Waals surface area contributed by atoms with E-state index in [1.165, 1.54) is 11.0 Å². The highest BCUT2D eigenvalue weighted by atomic mass is 32.2. The number of hydrogen-bond acceptors (Lipinski definition) is 2. The summed E-state index contributed by atoms with van der Waals surface area (Å²) in [5, 5.41) is 0. The first-order valence-corrected chi connectivity index (χ1v) is 4.73. The minimum atomic E-state index is 1.20. The van der Waals surface area contributed by atoms with E-state index in [9.17, 15) is 0 Å². The van der Waals surface area contributed by atoms with Crippen molar-refractivity contribution < 1.29 is 0 Å². The molecule has 0 rings (SSSR count). The smallest absolute Gasteiger partial charge is 0.0839 e. The van der Waals surface area contributed by atoms with E-state index in [1.807, 2.05) is 23.5 Å². The predicted molar refractivity (Wildman–Crippen MR) is 40.6 cm³/mol. The average molecular weight is 135 g/mol. The molecule has 0 unspecified atom stereocenters. The second-order valence-electron chi connectivity index (χ2n) is 1.13. The molecule has 0 amide bonds. The van der Waals surface area contributed by atoms with Gasteiger partial charge in [-0.05, 0) is 18.9 Å². The molecule has 0 aliphatic rings. The summed E-state index contributed by atoms with van der Waals surface area (Å²) < 4.78 is 1.51. The standard InChI is InChI=1S/C5H11S2/c1-4-5(6-2)7-3/h4H2,1-3H3. The average Bonchev–Trinajstić information content (AvgIpc) is 1.72. The minimum Gasteiger partial charge on any atom is -0.145 e. The molecule has 0 atom stereocenters. The van der Waals surface area contributed by atoms with Crippen LogP contribution in [0.2, 0.25) is 0 Å². The first-order valence-electron chi connectivity index (χ1n) is 2.29. The molecule has 0 aliphatic heterocycles. The SMILES string of the molecule is CC[C](SC)SC. The highest BCUT2D eigenvalue weighted by Gasteiger charge is 1.98. The Morgan fingerprint density at radius 1 is 1.29 bits per heavy atom. The van der Waals surface area contributed by atoms with Crippen LogP contribution in [-0.2, 0) is 0 Å². The number of rotatable bonds is 3. The maximum Gasteiger partial charge on any atom is 0.0839 e. The van der Waals surface area contributed by atoms with Crippen molar-refractivity contribution in [2.75, 3.05) is 12.5 Å². The second-order valence-corrected chi connectivity index (χ2v) is 3.19. The largest absolute Gasteiger partial charge is 0.145 e. The van der Waals surface area contributed by atoms with Crippen LogP contribution in [0.3, 0.4) is 0 Å². The zero-order valence-electron chi connectivity index (χ0n) is 5.02. The second kappa shape index (κ2) is 4.85. The first-order chi connectivity index (χ1) is 3.35. The van der Waals surface area contributed by atoms with E-state index in [0.29, 0.717) is 0 Å². The van der Waals surface area contributed by atoms with E-state index < -0.39 is 0 Å². The molecule has 0 aliphatic carbocycles. The molecule has 0 heterocycles. The normalized spacial score (nSPS) is 10.3. The lowest BCUT2D eigenvalue weighted by atomic mass is 10.6. The van der Waals surface area contributed by atoms with E-state index in [2.05, 4.69) is 19.4 Å². The fraction of sp³-hybridized carbons (Fsp3) is 0.800. The first kappa shape index (κ1) is 7.70. The third-order valence-corrected chi connectivity index (χ3v) is 3.23. The van der Waals surface area contributed by atoms with Gasteiger partial charge < -0.3 is 0 Å². The Morgan fingerprint density at radius 2 is 1.71 bits per heavy atom. The predicted octanol–water partition coefficient (Wildman–Crippen LogP) is 2.61. The van der Waals surface area contributed by atoms with Gasteiger partial charge in [-0.15, -0.1) is 23.5 Å². The molecular weight excluding hydrogens is 124 g/mol. The lowest BCUT2D eigenvalue weighted by Gasteiger charge is -2.03. The van der Waals surface area contributed by atoms with Crippen molar-refractivity contribution in [1.82, 2.24) is 0 Å². The van der Waals surface area contributed by atoms with Crippen LogP contribution in [-0.4, -0.2) is 12.5 Å². The molecule has 2 heteroatoms. The summed E-state index contributed by atoms with van der Waals surface area (Å²) in [5.74, 6) is 0. The van der Waals surface area contributed by atoms with E-state index in [1.54, 1.807) is 0 Å². The minimum absolute atomic E-state index is 1.20. The third kappa shape index (κ3) is 3.30. The maximum atomic E-state index is 2.18. The summed E-state index contributed by atoms with van der Waals surface area (Å²) in [7, 11) is 0. The lowest BCUT2D eigenvalue weighted by Crippen LogP contribution is -1.77. The van der Waals surface area contributed by atoms with Crippen LogP contribution >= 0.6 is 23.5 Å². The van der Waals surface area contributed by atoms with E-state index in [-0.39, 0.29) is 0 Å². The zero-order chi connectivity index (χ0) is 5.70. The Labute approximate surface area is 54.4 Å². The van der Waals surface area contributed by atoms with Gasteiger partial charge in [-0.1, -0.05) is 6.92 Å². The quantitative estimate of drug-likeness (QED) is 0.583. The Morgan fingerprint density at radius 3 is 1.71 bits per heavy atom. The molecule has 0 aromatic carbocycles. The van der Waals surface area contributed by atoms with Crippen LogP contribution in [0.1, 0.15) is 13.3 Å². The molecule has 0 spiro atoms. The summed E-state index contributed by atoms with van der Waals surface area (Å²) in [4.78, 5) is 0. The lowest BCUT2D eigenvalue weighted by molar-refractivity contribution is 1.17. The van der Waals surface area contributed by atoms with Crippen LogP contribution in [0.15, 0.2) is 0 Å². The highest BCUT2D eigenvalue weighted by Crippen LogP contribution is 2.29. The van der Waals surface area contributed by atoms with Gasteiger partial charge in [0.15, 0.2) is 0 Å². The molecule has 43 valence electrons. The van der Waals surface area contributed by atoms with Crippen LogP contribution in [0.25, 0.3) is 0 Å². The van der Waals surface area contributed by atoms with Crippen LogP contribution in [0, 0.1) is 4.58 Å². The van der Waals surface area contributed by atoms with Crippen molar-refractivity contribution in [3.63, 3.8) is 0 Å². The van der Waals surface area contributed by atoms with Crippen LogP contribution < -0.4 is 0 Å². The molecule has 0 nitrogen and oxygen atoms in total. The van der Waals surface area contributed by atoms with Gasteiger partial charge in [-0.2, -0.15) is 0 Å². The van der Waals surface area contributed by atoms with Gasteiger partial charge in [0.1, 0.15) is 0 Å². The summed E-state index contributed by atoms with van der Waals surface area (Å²) in [6.07, 6.45) is 5.44. The van der Waals surface area contributed by atoms with Crippen LogP contribution in [0.4, 0.5) is 0 Å². The van der Waals surface area contributed by atoms with Gasteiger partial charge in [0.05, 0.1) is 4.58 Å². The van der Waals surface area contributed by atoms with E-state index in [0.717, 1.165) is 0 Å². The summed E-state index contributed by atoms with van der Waals surface area (Å²) >= 11 is 3.70. The highest BCUT2D eigenvalue weighted by molar-refractivity contribution is 8.20. The molecule has 1 radical (unpaired) electrons. The maximum absolute atomic E-state index is 2.18. The molecule has 0 saturated carbocycles. The van der Waals surface area contributed by atoms with Gasteiger partial charge in [0, 0.05) is 0 Å². The zero-order valence-corrected chi connectivity index (χ0v) is 6.66. The Kier molecular flexibility index (Phi) is 5.33. The van der Waals surface area contributed by atoms with Crippen molar-refractivity contribution in [2.24, 2.45) is 0 Å². The number of thioether (sulfide) groups is 2. The van der Waals surface area contributed by atoms with Crippen LogP contribution in [0.5, 0.6) is 0 Å². The van der Waals surface area contributed by atoms with E-state index in [4.69, 9.17) is 0 Å². The van der Waals surface area contributed by atoms with Gasteiger partial charge >= 0.3 is 0 Å². The van der Waals surface area contributed by atoms with Crippen molar-refractivity contribution in [2.45, 2.75) is 13.3 Å². The summed E-state index contributed by atoms with van der Waals surface area (Å²) in [6, 6.07) is 0. The van der Waals surface area contributed by atoms with Gasteiger partial charge in [-0.3, -0.25) is 0 Å². The third-order valence-electron chi connectivity index (χ3n) is 0.744. The summed E-state index contributed by atoms with van der Waals surface area (Å²) in [6.45, 7) is 2.18. The molecule has 0 bridgehead atoms. The Hall–Kier alpha value is 0.700.